The van der Waals surface area contributed by atoms with E-state index in [0.717, 1.165) is 25.8 Å². The van der Waals surface area contributed by atoms with Crippen LogP contribution in [0.4, 0.5) is 0 Å². The molecule has 2 N–H and O–H groups in total. The summed E-state index contributed by atoms with van der Waals surface area (Å²) in [6.45, 7) is 0.759. The van der Waals surface area contributed by atoms with E-state index in [-0.39, 0.29) is 12.0 Å². The topological polar surface area (TPSA) is 49.3 Å². The van der Waals surface area contributed by atoms with E-state index in [2.05, 4.69) is 17.4 Å². The standard InChI is InChI=1S/C13H17NO2/c15-13(16)11-7-4-8-12(11)14-9-10-5-2-1-3-6-10/h1-3,5-6,11-12,14H,4,7-9H2,(H,15,16)/t11-,12+/m1/s1. The first kappa shape index (κ1) is 11.1. The molecule has 1 aliphatic carbocycles. The number of benzene rings is 1. The van der Waals surface area contributed by atoms with Gasteiger partial charge in [0, 0.05) is 12.6 Å². The average Bonchev–Trinajstić information content (AvgIpc) is 2.76. The van der Waals surface area contributed by atoms with Gasteiger partial charge >= 0.3 is 5.97 Å². The van der Waals surface area contributed by atoms with Gasteiger partial charge in [-0.1, -0.05) is 36.8 Å². The summed E-state index contributed by atoms with van der Waals surface area (Å²) in [5, 5.41) is 12.4. The molecule has 1 saturated carbocycles. The molecule has 0 amide bonds. The van der Waals surface area contributed by atoms with Crippen LogP contribution in [0.25, 0.3) is 0 Å². The Morgan fingerprint density at radius 3 is 2.75 bits per heavy atom. The molecule has 3 heteroatoms. The lowest BCUT2D eigenvalue weighted by Gasteiger charge is -2.17. The minimum Gasteiger partial charge on any atom is -0.481 e. The van der Waals surface area contributed by atoms with E-state index >= 15 is 0 Å². The molecule has 1 aromatic rings. The molecule has 0 saturated heterocycles. The van der Waals surface area contributed by atoms with Gasteiger partial charge in [-0.05, 0) is 18.4 Å². The van der Waals surface area contributed by atoms with Crippen LogP contribution in [-0.2, 0) is 11.3 Å². The van der Waals surface area contributed by atoms with Crippen molar-refractivity contribution in [1.29, 1.82) is 0 Å². The van der Waals surface area contributed by atoms with Gasteiger partial charge in [0.05, 0.1) is 5.92 Å². The Labute approximate surface area is 95.5 Å². The van der Waals surface area contributed by atoms with Crippen molar-refractivity contribution >= 4 is 5.97 Å². The molecule has 0 bridgehead atoms. The van der Waals surface area contributed by atoms with Gasteiger partial charge in [-0.15, -0.1) is 0 Å². The van der Waals surface area contributed by atoms with Gasteiger partial charge in [0.25, 0.3) is 0 Å². The van der Waals surface area contributed by atoms with Crippen LogP contribution in [0.15, 0.2) is 30.3 Å². The molecule has 2 atom stereocenters. The predicted octanol–water partition coefficient (Wildman–Crippen LogP) is 2.03. The zero-order chi connectivity index (χ0) is 11.4. The highest BCUT2D eigenvalue weighted by Crippen LogP contribution is 2.26. The average molecular weight is 219 g/mol. The van der Waals surface area contributed by atoms with E-state index in [0.29, 0.717) is 0 Å². The third-order valence-electron chi connectivity index (χ3n) is 3.24. The molecule has 0 aliphatic heterocycles. The lowest BCUT2D eigenvalue weighted by molar-refractivity contribution is -0.142. The summed E-state index contributed by atoms with van der Waals surface area (Å²) in [4.78, 5) is 11.0. The van der Waals surface area contributed by atoms with Crippen molar-refractivity contribution in [2.24, 2.45) is 5.92 Å². The number of hydrogen-bond acceptors (Lipinski definition) is 2. The second-order valence-electron chi connectivity index (χ2n) is 4.35. The van der Waals surface area contributed by atoms with Crippen molar-refractivity contribution in [1.82, 2.24) is 5.32 Å². The lowest BCUT2D eigenvalue weighted by Crippen LogP contribution is -2.35. The fourth-order valence-electron chi connectivity index (χ4n) is 2.34. The van der Waals surface area contributed by atoms with Crippen LogP contribution in [0.5, 0.6) is 0 Å². The summed E-state index contributed by atoms with van der Waals surface area (Å²) in [5.74, 6) is -0.869. The van der Waals surface area contributed by atoms with Crippen LogP contribution < -0.4 is 5.32 Å². The molecule has 3 nitrogen and oxygen atoms in total. The smallest absolute Gasteiger partial charge is 0.308 e. The fourth-order valence-corrected chi connectivity index (χ4v) is 2.34. The maximum atomic E-state index is 11.0. The Morgan fingerprint density at radius 2 is 2.06 bits per heavy atom. The number of carbonyl (C=O) groups is 1. The molecule has 0 aromatic heterocycles. The maximum Gasteiger partial charge on any atom is 0.308 e. The van der Waals surface area contributed by atoms with Crippen LogP contribution in [0, 0.1) is 5.92 Å². The second-order valence-corrected chi connectivity index (χ2v) is 4.35. The summed E-state index contributed by atoms with van der Waals surface area (Å²) in [5.41, 5.74) is 1.21. The summed E-state index contributed by atoms with van der Waals surface area (Å²) < 4.78 is 0. The quantitative estimate of drug-likeness (QED) is 0.814. The van der Waals surface area contributed by atoms with Crippen LogP contribution in [0.1, 0.15) is 24.8 Å². The molecule has 16 heavy (non-hydrogen) atoms. The van der Waals surface area contributed by atoms with Gasteiger partial charge in [-0.25, -0.2) is 0 Å². The van der Waals surface area contributed by atoms with Gasteiger partial charge in [0.15, 0.2) is 0 Å². The summed E-state index contributed by atoms with van der Waals surface area (Å²) in [7, 11) is 0. The highest BCUT2D eigenvalue weighted by molar-refractivity contribution is 5.71. The Kier molecular flexibility index (Phi) is 3.57. The zero-order valence-corrected chi connectivity index (χ0v) is 9.23. The summed E-state index contributed by atoms with van der Waals surface area (Å²) in [6, 6.07) is 10.2. The molecule has 1 fully saturated rings. The monoisotopic (exact) mass is 219 g/mol. The van der Waals surface area contributed by atoms with E-state index in [1.807, 2.05) is 18.2 Å². The fraction of sp³-hybridized carbons (Fsp3) is 0.462. The SMILES string of the molecule is O=C(O)[C@@H]1CCC[C@@H]1NCc1ccccc1. The van der Waals surface area contributed by atoms with Crippen molar-refractivity contribution in [3.8, 4) is 0 Å². The van der Waals surface area contributed by atoms with Gasteiger partial charge in [0.1, 0.15) is 0 Å². The van der Waals surface area contributed by atoms with Crippen molar-refractivity contribution in [3.05, 3.63) is 35.9 Å². The zero-order valence-electron chi connectivity index (χ0n) is 9.23. The largest absolute Gasteiger partial charge is 0.481 e. The van der Waals surface area contributed by atoms with E-state index in [9.17, 15) is 4.79 Å². The third kappa shape index (κ3) is 2.61. The third-order valence-corrected chi connectivity index (χ3v) is 3.24. The van der Waals surface area contributed by atoms with Gasteiger partial charge in [0.2, 0.25) is 0 Å². The van der Waals surface area contributed by atoms with Gasteiger partial charge in [-0.2, -0.15) is 0 Å². The van der Waals surface area contributed by atoms with Crippen molar-refractivity contribution in [2.45, 2.75) is 31.8 Å². The molecule has 0 unspecified atom stereocenters. The first-order chi connectivity index (χ1) is 7.77. The van der Waals surface area contributed by atoms with Crippen LogP contribution >= 0.6 is 0 Å². The molecular weight excluding hydrogens is 202 g/mol. The normalized spacial score (nSPS) is 24.5. The van der Waals surface area contributed by atoms with Crippen LogP contribution in [0.2, 0.25) is 0 Å². The summed E-state index contributed by atoms with van der Waals surface area (Å²) in [6.07, 6.45) is 2.80. The number of nitrogens with one attached hydrogen (secondary N) is 1. The number of hydrogen-bond donors (Lipinski definition) is 2. The number of aliphatic carboxylic acids is 1. The number of carboxylic acids is 1. The van der Waals surface area contributed by atoms with E-state index in [1.54, 1.807) is 0 Å². The first-order valence-electron chi connectivity index (χ1n) is 5.77. The highest BCUT2D eigenvalue weighted by atomic mass is 16.4. The molecule has 86 valence electrons. The molecule has 0 heterocycles. The maximum absolute atomic E-state index is 11.0. The van der Waals surface area contributed by atoms with Crippen LogP contribution in [0.3, 0.4) is 0 Å². The minimum absolute atomic E-state index is 0.137. The van der Waals surface area contributed by atoms with Gasteiger partial charge in [-0.3, -0.25) is 4.79 Å². The van der Waals surface area contributed by atoms with Crippen molar-refractivity contribution < 1.29 is 9.90 Å². The number of rotatable bonds is 4. The van der Waals surface area contributed by atoms with E-state index in [1.165, 1.54) is 5.56 Å². The Morgan fingerprint density at radius 1 is 1.31 bits per heavy atom. The minimum atomic E-state index is -0.664. The predicted molar refractivity (Wildman–Crippen MR) is 62.0 cm³/mol. The van der Waals surface area contributed by atoms with Gasteiger partial charge < -0.3 is 10.4 Å². The molecule has 2 rings (SSSR count). The Bertz CT molecular complexity index is 350. The first-order valence-corrected chi connectivity index (χ1v) is 5.77. The molecule has 0 radical (unpaired) electrons. The number of carboxylic acid groups (broad SMARTS) is 1. The molecule has 1 aromatic carbocycles. The molecule has 0 spiro atoms. The molecule has 1 aliphatic rings. The van der Waals surface area contributed by atoms with E-state index < -0.39 is 5.97 Å². The van der Waals surface area contributed by atoms with Crippen molar-refractivity contribution in [3.63, 3.8) is 0 Å². The molecular formula is C13H17NO2. The highest BCUT2D eigenvalue weighted by Gasteiger charge is 2.32. The Balaban J connectivity index is 1.88. The lowest BCUT2D eigenvalue weighted by atomic mass is 10.0. The Hall–Kier alpha value is -1.35. The second kappa shape index (κ2) is 5.12. The van der Waals surface area contributed by atoms with E-state index in [4.69, 9.17) is 5.11 Å². The van der Waals surface area contributed by atoms with Crippen molar-refractivity contribution in [2.75, 3.05) is 0 Å². The van der Waals surface area contributed by atoms with Crippen LogP contribution in [-0.4, -0.2) is 17.1 Å². The summed E-state index contributed by atoms with van der Waals surface area (Å²) >= 11 is 0.